The van der Waals surface area contributed by atoms with Gasteiger partial charge in [-0.05, 0) is 51.8 Å². The van der Waals surface area contributed by atoms with Crippen LogP contribution in [0.15, 0.2) is 12.1 Å². The highest BCUT2D eigenvalue weighted by Gasteiger charge is 2.30. The van der Waals surface area contributed by atoms with Crippen LogP contribution in [-0.2, 0) is 24.4 Å². The van der Waals surface area contributed by atoms with E-state index >= 15 is 0 Å². The van der Waals surface area contributed by atoms with E-state index in [1.54, 1.807) is 40.7 Å². The molecule has 0 aliphatic heterocycles. The van der Waals surface area contributed by atoms with Gasteiger partial charge in [0.1, 0.15) is 18.0 Å². The second-order valence-corrected chi connectivity index (χ2v) is 9.15. The molecule has 0 radical (unpaired) electrons. The SMILES string of the molecule is Cc1cc(C)c(C(C)(C)CC(=O)O)c(OC(=O)OCCOCCNC(=O)OC(C)(C)C)c1. The average molecular weight is 454 g/mol. The number of nitrogens with one attached hydrogen (secondary N) is 1. The molecule has 0 saturated carbocycles. The molecule has 1 aromatic rings. The smallest absolute Gasteiger partial charge is 0.481 e. The summed E-state index contributed by atoms with van der Waals surface area (Å²) >= 11 is 0. The second kappa shape index (κ2) is 11.7. The van der Waals surface area contributed by atoms with Crippen LogP contribution in [0.4, 0.5) is 9.59 Å². The van der Waals surface area contributed by atoms with Crippen molar-refractivity contribution in [2.24, 2.45) is 0 Å². The fraction of sp³-hybridized carbons (Fsp3) is 0.609. The lowest BCUT2D eigenvalue weighted by atomic mass is 9.78. The van der Waals surface area contributed by atoms with Gasteiger partial charge < -0.3 is 29.4 Å². The molecule has 0 aromatic heterocycles. The van der Waals surface area contributed by atoms with Gasteiger partial charge in [-0.15, -0.1) is 0 Å². The van der Waals surface area contributed by atoms with Crippen LogP contribution in [0.3, 0.4) is 0 Å². The zero-order valence-electron chi connectivity index (χ0n) is 20.0. The summed E-state index contributed by atoms with van der Waals surface area (Å²) < 4.78 is 20.9. The topological polar surface area (TPSA) is 120 Å². The molecule has 1 amide bonds. The number of hydrogen-bond donors (Lipinski definition) is 2. The molecule has 0 aliphatic carbocycles. The predicted octanol–water partition coefficient (Wildman–Crippen LogP) is 4.11. The normalized spacial score (nSPS) is 11.6. The van der Waals surface area contributed by atoms with Crippen molar-refractivity contribution in [1.82, 2.24) is 5.32 Å². The summed E-state index contributed by atoms with van der Waals surface area (Å²) in [4.78, 5) is 34.9. The molecule has 0 aliphatic rings. The van der Waals surface area contributed by atoms with E-state index in [1.165, 1.54) is 0 Å². The standard InChI is InChI=1S/C23H35NO8/c1-15-12-16(2)19(23(6,7)14-18(25)26)17(13-15)31-21(28)30-11-10-29-9-8-24-20(27)32-22(3,4)5/h12-13H,8-11,14H2,1-7H3,(H,24,27)(H,25,26). The minimum Gasteiger partial charge on any atom is -0.481 e. The van der Waals surface area contributed by atoms with E-state index in [0.29, 0.717) is 5.56 Å². The Balaban J connectivity index is 2.52. The third-order valence-corrected chi connectivity index (χ3v) is 4.27. The van der Waals surface area contributed by atoms with Gasteiger partial charge in [-0.3, -0.25) is 4.79 Å². The van der Waals surface area contributed by atoms with E-state index in [0.717, 1.165) is 11.1 Å². The number of carbonyl (C=O) groups is 3. The molecule has 9 heteroatoms. The zero-order valence-corrected chi connectivity index (χ0v) is 20.0. The first-order chi connectivity index (χ1) is 14.7. The lowest BCUT2D eigenvalue weighted by molar-refractivity contribution is -0.138. The van der Waals surface area contributed by atoms with Crippen molar-refractivity contribution in [3.05, 3.63) is 28.8 Å². The van der Waals surface area contributed by atoms with E-state index in [2.05, 4.69) is 5.32 Å². The summed E-state index contributed by atoms with van der Waals surface area (Å²) in [6.45, 7) is 13.2. The zero-order chi connectivity index (χ0) is 24.5. The van der Waals surface area contributed by atoms with E-state index < -0.39 is 29.2 Å². The molecule has 32 heavy (non-hydrogen) atoms. The Morgan fingerprint density at radius 2 is 1.66 bits per heavy atom. The van der Waals surface area contributed by atoms with Gasteiger partial charge in [-0.1, -0.05) is 19.9 Å². The molecule has 1 rings (SSSR count). The van der Waals surface area contributed by atoms with Crippen LogP contribution in [0.2, 0.25) is 0 Å². The van der Waals surface area contributed by atoms with Crippen LogP contribution < -0.4 is 10.1 Å². The second-order valence-electron chi connectivity index (χ2n) is 9.15. The highest BCUT2D eigenvalue weighted by Crippen LogP contribution is 2.38. The number of ether oxygens (including phenoxy) is 4. The number of carbonyl (C=O) groups excluding carboxylic acids is 2. The number of alkyl carbamates (subject to hydrolysis) is 1. The number of amides is 1. The molecule has 0 heterocycles. The quantitative estimate of drug-likeness (QED) is 0.308. The summed E-state index contributed by atoms with van der Waals surface area (Å²) in [6, 6.07) is 3.60. The predicted molar refractivity (Wildman–Crippen MR) is 118 cm³/mol. The summed E-state index contributed by atoms with van der Waals surface area (Å²) in [7, 11) is 0. The van der Waals surface area contributed by atoms with Gasteiger partial charge >= 0.3 is 18.2 Å². The Labute approximate surface area is 189 Å². The van der Waals surface area contributed by atoms with E-state index in [9.17, 15) is 19.5 Å². The van der Waals surface area contributed by atoms with E-state index in [-0.39, 0.29) is 38.5 Å². The van der Waals surface area contributed by atoms with Crippen molar-refractivity contribution in [2.45, 2.75) is 65.9 Å². The summed E-state index contributed by atoms with van der Waals surface area (Å²) in [6.07, 6.45) is -1.55. The fourth-order valence-electron chi connectivity index (χ4n) is 3.29. The first kappa shape index (κ1) is 27.2. The van der Waals surface area contributed by atoms with Gasteiger partial charge in [-0.25, -0.2) is 9.59 Å². The van der Waals surface area contributed by atoms with Crippen molar-refractivity contribution in [2.75, 3.05) is 26.4 Å². The first-order valence-electron chi connectivity index (χ1n) is 10.4. The molecule has 1 aromatic carbocycles. The first-order valence-corrected chi connectivity index (χ1v) is 10.4. The summed E-state index contributed by atoms with van der Waals surface area (Å²) in [5, 5.41) is 11.8. The maximum atomic E-state index is 12.2. The minimum absolute atomic E-state index is 0.0378. The molecular formula is C23H35NO8. The van der Waals surface area contributed by atoms with Crippen LogP contribution in [0, 0.1) is 13.8 Å². The van der Waals surface area contributed by atoms with Gasteiger partial charge in [0.25, 0.3) is 0 Å². The number of aryl methyl sites for hydroxylation is 2. The molecule has 0 unspecified atom stereocenters. The fourth-order valence-corrected chi connectivity index (χ4v) is 3.29. The van der Waals surface area contributed by atoms with Crippen LogP contribution in [0.1, 0.15) is 57.7 Å². The molecule has 0 saturated heterocycles. The summed E-state index contributed by atoms with van der Waals surface area (Å²) in [5.41, 5.74) is 1.04. The Morgan fingerprint density at radius 3 is 2.25 bits per heavy atom. The van der Waals surface area contributed by atoms with Gasteiger partial charge in [0, 0.05) is 17.5 Å². The summed E-state index contributed by atoms with van der Waals surface area (Å²) in [5.74, 6) is -0.664. The van der Waals surface area contributed by atoms with Crippen LogP contribution in [-0.4, -0.2) is 55.3 Å². The maximum absolute atomic E-state index is 12.2. The van der Waals surface area contributed by atoms with E-state index in [4.69, 9.17) is 18.9 Å². The number of rotatable bonds is 10. The molecule has 0 bridgehead atoms. The van der Waals surface area contributed by atoms with Crippen molar-refractivity contribution in [3.8, 4) is 5.75 Å². The molecule has 0 atom stereocenters. The number of carboxylic acid groups (broad SMARTS) is 1. The highest BCUT2D eigenvalue weighted by molar-refractivity contribution is 5.71. The monoisotopic (exact) mass is 453 g/mol. The molecule has 180 valence electrons. The minimum atomic E-state index is -0.943. The van der Waals surface area contributed by atoms with Crippen LogP contribution in [0.5, 0.6) is 5.75 Å². The van der Waals surface area contributed by atoms with Crippen molar-refractivity contribution < 1.29 is 38.4 Å². The third-order valence-electron chi connectivity index (χ3n) is 4.27. The van der Waals surface area contributed by atoms with Crippen molar-refractivity contribution >= 4 is 18.2 Å². The van der Waals surface area contributed by atoms with Gasteiger partial charge in [0.15, 0.2) is 0 Å². The number of hydrogen-bond acceptors (Lipinski definition) is 7. The average Bonchev–Trinajstić information content (AvgIpc) is 2.57. The van der Waals surface area contributed by atoms with Crippen LogP contribution >= 0.6 is 0 Å². The lowest BCUT2D eigenvalue weighted by Gasteiger charge is -2.27. The van der Waals surface area contributed by atoms with E-state index in [1.807, 2.05) is 19.9 Å². The molecular weight excluding hydrogens is 418 g/mol. The lowest BCUT2D eigenvalue weighted by Crippen LogP contribution is -2.34. The van der Waals surface area contributed by atoms with Gasteiger partial charge in [-0.2, -0.15) is 0 Å². The maximum Gasteiger partial charge on any atom is 0.513 e. The number of carboxylic acids is 1. The number of benzene rings is 1. The molecule has 9 nitrogen and oxygen atoms in total. The van der Waals surface area contributed by atoms with Crippen molar-refractivity contribution in [3.63, 3.8) is 0 Å². The molecule has 0 spiro atoms. The molecule has 0 fully saturated rings. The van der Waals surface area contributed by atoms with Crippen molar-refractivity contribution in [1.29, 1.82) is 0 Å². The third kappa shape index (κ3) is 10.00. The van der Waals surface area contributed by atoms with Gasteiger partial charge in [0.05, 0.1) is 19.6 Å². The Bertz CT molecular complexity index is 811. The molecule has 2 N–H and O–H groups in total. The Kier molecular flexibility index (Phi) is 9.96. The highest BCUT2D eigenvalue weighted by atomic mass is 16.7. The number of aliphatic carboxylic acids is 1. The Morgan fingerprint density at radius 1 is 1.00 bits per heavy atom. The Hall–Kier alpha value is -2.81. The van der Waals surface area contributed by atoms with Crippen LogP contribution in [0.25, 0.3) is 0 Å². The van der Waals surface area contributed by atoms with Gasteiger partial charge in [0.2, 0.25) is 0 Å². The largest absolute Gasteiger partial charge is 0.513 e.